The number of pyridine rings is 1. The number of ether oxygens (including phenoxy) is 1. The van der Waals surface area contributed by atoms with Crippen molar-refractivity contribution in [2.45, 2.75) is 0 Å². The molecule has 0 saturated heterocycles. The van der Waals surface area contributed by atoms with Crippen LogP contribution in [0.3, 0.4) is 0 Å². The number of halogens is 1. The van der Waals surface area contributed by atoms with E-state index in [0.717, 1.165) is 17.2 Å². The molecule has 1 amide bonds. The van der Waals surface area contributed by atoms with Crippen LogP contribution in [-0.2, 0) is 0 Å². The SMILES string of the molecule is CN(CCOc1ccccc1F)C(=O)c1cc([N+](=O)[O-])c[nH]c1=O. The van der Waals surface area contributed by atoms with E-state index in [1.807, 2.05) is 0 Å². The topological polar surface area (TPSA) is 106 Å². The maximum atomic E-state index is 13.4. The number of aromatic amines is 1. The van der Waals surface area contributed by atoms with Gasteiger partial charge >= 0.3 is 0 Å². The summed E-state index contributed by atoms with van der Waals surface area (Å²) in [6, 6.07) is 6.73. The lowest BCUT2D eigenvalue weighted by atomic mass is 10.2. The zero-order valence-corrected chi connectivity index (χ0v) is 12.7. The van der Waals surface area contributed by atoms with Crippen LogP contribution in [0.4, 0.5) is 10.1 Å². The van der Waals surface area contributed by atoms with Gasteiger partial charge in [-0.05, 0) is 12.1 Å². The van der Waals surface area contributed by atoms with Gasteiger partial charge in [-0.25, -0.2) is 4.39 Å². The van der Waals surface area contributed by atoms with Crippen molar-refractivity contribution in [1.82, 2.24) is 9.88 Å². The molecule has 0 unspecified atom stereocenters. The molecule has 0 aliphatic carbocycles. The Balaban J connectivity index is 2.02. The second kappa shape index (κ2) is 7.36. The van der Waals surface area contributed by atoms with Crippen LogP contribution in [0.5, 0.6) is 5.75 Å². The summed E-state index contributed by atoms with van der Waals surface area (Å²) in [5.41, 5.74) is -1.47. The Kier molecular flexibility index (Phi) is 5.25. The highest BCUT2D eigenvalue weighted by Gasteiger charge is 2.19. The predicted octanol–water partition coefficient (Wildman–Crippen LogP) is 1.57. The summed E-state index contributed by atoms with van der Waals surface area (Å²) in [5.74, 6) is -1.18. The minimum atomic E-state index is -0.729. The van der Waals surface area contributed by atoms with Gasteiger partial charge in [-0.2, -0.15) is 0 Å². The number of hydrogen-bond acceptors (Lipinski definition) is 5. The van der Waals surface area contributed by atoms with Crippen molar-refractivity contribution in [3.05, 3.63) is 68.4 Å². The predicted molar refractivity (Wildman–Crippen MR) is 82.6 cm³/mol. The molecular weight excluding hydrogens is 321 g/mol. The molecule has 1 N–H and O–H groups in total. The molecule has 2 aromatic rings. The highest BCUT2D eigenvalue weighted by Crippen LogP contribution is 2.15. The zero-order chi connectivity index (χ0) is 17.7. The van der Waals surface area contributed by atoms with Crippen LogP contribution in [-0.4, -0.2) is 40.9 Å². The molecule has 0 aliphatic rings. The lowest BCUT2D eigenvalue weighted by molar-refractivity contribution is -0.385. The molecule has 1 heterocycles. The first-order valence-electron chi connectivity index (χ1n) is 6.90. The first-order chi connectivity index (χ1) is 11.4. The van der Waals surface area contributed by atoms with Crippen LogP contribution >= 0.6 is 0 Å². The summed E-state index contributed by atoms with van der Waals surface area (Å²) >= 11 is 0. The number of carbonyl (C=O) groups is 1. The third-order valence-corrected chi connectivity index (χ3v) is 3.20. The van der Waals surface area contributed by atoms with E-state index in [0.29, 0.717) is 0 Å². The van der Waals surface area contributed by atoms with Crippen molar-refractivity contribution < 1.29 is 18.8 Å². The fourth-order valence-corrected chi connectivity index (χ4v) is 1.90. The number of amides is 1. The number of nitro groups is 1. The number of aromatic nitrogens is 1. The highest BCUT2D eigenvalue weighted by atomic mass is 19.1. The Morgan fingerprint density at radius 3 is 2.79 bits per heavy atom. The molecule has 8 nitrogen and oxygen atoms in total. The lowest BCUT2D eigenvalue weighted by Gasteiger charge is -2.17. The third kappa shape index (κ3) is 3.94. The van der Waals surface area contributed by atoms with Gasteiger partial charge in [0.1, 0.15) is 12.2 Å². The minimum Gasteiger partial charge on any atom is -0.489 e. The third-order valence-electron chi connectivity index (χ3n) is 3.20. The number of benzene rings is 1. The molecule has 1 aromatic heterocycles. The molecule has 0 radical (unpaired) electrons. The van der Waals surface area contributed by atoms with Crippen molar-refractivity contribution >= 4 is 11.6 Å². The Hall–Kier alpha value is -3.23. The number of rotatable bonds is 6. The zero-order valence-electron chi connectivity index (χ0n) is 12.7. The van der Waals surface area contributed by atoms with Crippen molar-refractivity contribution in [2.75, 3.05) is 20.2 Å². The van der Waals surface area contributed by atoms with Crippen molar-refractivity contribution in [3.63, 3.8) is 0 Å². The molecule has 0 aliphatic heterocycles. The average Bonchev–Trinajstić information content (AvgIpc) is 2.56. The molecule has 1 aromatic carbocycles. The van der Waals surface area contributed by atoms with Gasteiger partial charge in [0.25, 0.3) is 17.2 Å². The first-order valence-corrected chi connectivity index (χ1v) is 6.90. The van der Waals surface area contributed by atoms with E-state index in [1.165, 1.54) is 25.2 Å². The molecule has 0 fully saturated rings. The molecule has 0 spiro atoms. The maximum Gasteiger partial charge on any atom is 0.286 e. The summed E-state index contributed by atoms with van der Waals surface area (Å²) in [4.78, 5) is 37.2. The fraction of sp³-hybridized carbons (Fsp3) is 0.200. The van der Waals surface area contributed by atoms with Crippen molar-refractivity contribution in [1.29, 1.82) is 0 Å². The van der Waals surface area contributed by atoms with Crippen LogP contribution in [0.25, 0.3) is 0 Å². The van der Waals surface area contributed by atoms with Crippen LogP contribution in [0.15, 0.2) is 41.3 Å². The summed E-state index contributed by atoms with van der Waals surface area (Å²) in [7, 11) is 1.41. The van der Waals surface area contributed by atoms with Crippen LogP contribution in [0, 0.1) is 15.9 Å². The highest BCUT2D eigenvalue weighted by molar-refractivity contribution is 5.94. The van der Waals surface area contributed by atoms with E-state index in [2.05, 4.69) is 4.98 Å². The van der Waals surface area contributed by atoms with E-state index in [9.17, 15) is 24.1 Å². The molecule has 126 valence electrons. The van der Waals surface area contributed by atoms with Gasteiger partial charge in [0.2, 0.25) is 0 Å². The van der Waals surface area contributed by atoms with Gasteiger partial charge in [0, 0.05) is 13.1 Å². The number of para-hydroxylation sites is 1. The number of hydrogen-bond donors (Lipinski definition) is 1. The van der Waals surface area contributed by atoms with Gasteiger partial charge in [-0.3, -0.25) is 19.7 Å². The van der Waals surface area contributed by atoms with Crippen LogP contribution < -0.4 is 10.3 Å². The second-order valence-corrected chi connectivity index (χ2v) is 4.86. The molecule has 2 rings (SSSR count). The molecule has 9 heteroatoms. The Labute approximate surface area is 135 Å². The second-order valence-electron chi connectivity index (χ2n) is 4.86. The Morgan fingerprint density at radius 1 is 1.42 bits per heavy atom. The number of carbonyl (C=O) groups excluding carboxylic acids is 1. The summed E-state index contributed by atoms with van der Waals surface area (Å²) < 4.78 is 18.6. The number of likely N-dealkylation sites (N-methyl/N-ethyl adjacent to an activating group) is 1. The van der Waals surface area contributed by atoms with Crippen molar-refractivity contribution in [2.24, 2.45) is 0 Å². The van der Waals surface area contributed by atoms with E-state index in [-0.39, 0.29) is 24.5 Å². The maximum absolute atomic E-state index is 13.4. The normalized spacial score (nSPS) is 10.2. The molecular formula is C15H14FN3O5. The van der Waals surface area contributed by atoms with E-state index < -0.39 is 27.9 Å². The summed E-state index contributed by atoms with van der Waals surface area (Å²) in [6.07, 6.45) is 0.917. The summed E-state index contributed by atoms with van der Waals surface area (Å²) in [6.45, 7) is 0.0608. The van der Waals surface area contributed by atoms with Gasteiger partial charge < -0.3 is 14.6 Å². The quantitative estimate of drug-likeness (QED) is 0.637. The van der Waals surface area contributed by atoms with Gasteiger partial charge in [0.15, 0.2) is 11.6 Å². The average molecular weight is 335 g/mol. The van der Waals surface area contributed by atoms with E-state index in [4.69, 9.17) is 4.74 Å². The van der Waals surface area contributed by atoms with Crippen molar-refractivity contribution in [3.8, 4) is 5.75 Å². The van der Waals surface area contributed by atoms with Gasteiger partial charge in [-0.1, -0.05) is 12.1 Å². The molecule has 0 bridgehead atoms. The van der Waals surface area contributed by atoms with Crippen LogP contribution in [0.1, 0.15) is 10.4 Å². The smallest absolute Gasteiger partial charge is 0.286 e. The van der Waals surface area contributed by atoms with E-state index >= 15 is 0 Å². The monoisotopic (exact) mass is 335 g/mol. The van der Waals surface area contributed by atoms with Gasteiger partial charge in [-0.15, -0.1) is 0 Å². The molecule has 0 atom stereocenters. The lowest BCUT2D eigenvalue weighted by Crippen LogP contribution is -2.34. The standard InChI is InChI=1S/C15H14FN3O5/c1-18(6-7-24-13-5-3-2-4-12(13)16)15(21)11-8-10(19(22)23)9-17-14(11)20/h2-5,8-9H,6-7H2,1H3,(H,17,20). The minimum absolute atomic E-state index is 0.00396. The molecule has 0 saturated carbocycles. The number of H-pyrrole nitrogens is 1. The molecule has 24 heavy (non-hydrogen) atoms. The Bertz CT molecular complexity index is 821. The number of nitrogens with one attached hydrogen (secondary N) is 1. The van der Waals surface area contributed by atoms with E-state index in [1.54, 1.807) is 6.07 Å². The fourth-order valence-electron chi connectivity index (χ4n) is 1.90. The largest absolute Gasteiger partial charge is 0.489 e. The summed E-state index contributed by atoms with van der Waals surface area (Å²) in [5, 5.41) is 10.7. The van der Waals surface area contributed by atoms with Crippen LogP contribution in [0.2, 0.25) is 0 Å². The van der Waals surface area contributed by atoms with Gasteiger partial charge in [0.05, 0.1) is 17.7 Å². The Morgan fingerprint density at radius 2 is 2.12 bits per heavy atom. The first kappa shape index (κ1) is 17.1. The number of nitrogens with zero attached hydrogens (tertiary/aromatic N) is 2.